The lowest BCUT2D eigenvalue weighted by molar-refractivity contribution is -0.136. The number of hydrogen-bond acceptors (Lipinski definition) is 1. The van der Waals surface area contributed by atoms with Crippen molar-refractivity contribution in [2.24, 2.45) is 0 Å². The molecule has 0 heterocycles. The molecule has 0 unspecified atom stereocenters. The summed E-state index contributed by atoms with van der Waals surface area (Å²) in [6.45, 7) is 0. The lowest BCUT2D eigenvalue weighted by atomic mass is 9.99. The molecule has 0 bridgehead atoms. The van der Waals surface area contributed by atoms with Crippen molar-refractivity contribution in [1.82, 2.24) is 0 Å². The summed E-state index contributed by atoms with van der Waals surface area (Å²) in [5.74, 6) is -0.682. The minimum absolute atomic E-state index is 0.250. The molecule has 1 aliphatic carbocycles. The first-order chi connectivity index (χ1) is 7.79. The fraction of sp³-hybridized carbons (Fsp3) is 0.786. The Bertz CT molecular complexity index is 231. The van der Waals surface area contributed by atoms with E-state index in [2.05, 4.69) is 6.08 Å². The van der Waals surface area contributed by atoms with Gasteiger partial charge in [-0.15, -0.1) is 0 Å². The van der Waals surface area contributed by atoms with Crippen LogP contribution in [0.25, 0.3) is 0 Å². The van der Waals surface area contributed by atoms with Crippen LogP contribution in [0.1, 0.15) is 70.6 Å². The Morgan fingerprint density at radius 2 is 1.56 bits per heavy atom. The number of aliphatic carboxylic acids is 1. The Labute approximate surface area is 98.7 Å². The average molecular weight is 224 g/mol. The van der Waals surface area contributed by atoms with Gasteiger partial charge in [-0.3, -0.25) is 4.79 Å². The highest BCUT2D eigenvalue weighted by Crippen LogP contribution is 2.18. The third-order valence-electron chi connectivity index (χ3n) is 3.26. The van der Waals surface area contributed by atoms with E-state index in [-0.39, 0.29) is 6.42 Å². The highest BCUT2D eigenvalue weighted by atomic mass is 16.4. The molecule has 0 radical (unpaired) electrons. The quantitative estimate of drug-likeness (QED) is 0.710. The van der Waals surface area contributed by atoms with E-state index in [1.165, 1.54) is 51.4 Å². The molecule has 2 heteroatoms. The molecular formula is C14H24O2. The molecule has 0 saturated heterocycles. The smallest absolute Gasteiger partial charge is 0.307 e. The fourth-order valence-electron chi connectivity index (χ4n) is 2.32. The summed E-state index contributed by atoms with van der Waals surface area (Å²) in [5, 5.41) is 8.81. The standard InChI is InChI=1S/C14H24O2/c15-14(16)12-13-10-8-6-4-2-1-3-5-7-9-11-13/h10H,1-9,11-12H2,(H,15,16). The van der Waals surface area contributed by atoms with E-state index >= 15 is 0 Å². The van der Waals surface area contributed by atoms with E-state index in [1.54, 1.807) is 0 Å². The lowest BCUT2D eigenvalue weighted by Gasteiger charge is -2.08. The highest BCUT2D eigenvalue weighted by molar-refractivity contribution is 5.69. The number of rotatable bonds is 2. The minimum atomic E-state index is -0.682. The van der Waals surface area contributed by atoms with Gasteiger partial charge in [0.1, 0.15) is 0 Å². The fourth-order valence-corrected chi connectivity index (χ4v) is 2.32. The van der Waals surface area contributed by atoms with Crippen molar-refractivity contribution >= 4 is 5.97 Å². The largest absolute Gasteiger partial charge is 0.481 e. The van der Waals surface area contributed by atoms with E-state index in [9.17, 15) is 4.79 Å². The van der Waals surface area contributed by atoms with Crippen molar-refractivity contribution in [2.45, 2.75) is 70.6 Å². The Balaban J connectivity index is 2.40. The van der Waals surface area contributed by atoms with E-state index in [0.717, 1.165) is 18.4 Å². The lowest BCUT2D eigenvalue weighted by Crippen LogP contribution is -1.98. The van der Waals surface area contributed by atoms with Crippen LogP contribution >= 0.6 is 0 Å². The van der Waals surface area contributed by atoms with E-state index in [0.29, 0.717) is 0 Å². The van der Waals surface area contributed by atoms with Crippen LogP contribution in [0.2, 0.25) is 0 Å². The van der Waals surface area contributed by atoms with Crippen LogP contribution in [-0.4, -0.2) is 11.1 Å². The molecular weight excluding hydrogens is 200 g/mol. The van der Waals surface area contributed by atoms with E-state index < -0.39 is 5.97 Å². The highest BCUT2D eigenvalue weighted by Gasteiger charge is 2.04. The number of hydrogen-bond donors (Lipinski definition) is 1. The second-order valence-electron chi connectivity index (χ2n) is 4.80. The van der Waals surface area contributed by atoms with Crippen molar-refractivity contribution < 1.29 is 9.90 Å². The van der Waals surface area contributed by atoms with Crippen LogP contribution in [0.15, 0.2) is 11.6 Å². The zero-order valence-electron chi connectivity index (χ0n) is 10.2. The van der Waals surface area contributed by atoms with Gasteiger partial charge >= 0.3 is 5.97 Å². The van der Waals surface area contributed by atoms with Crippen LogP contribution in [0.3, 0.4) is 0 Å². The molecule has 92 valence electrons. The molecule has 0 aromatic carbocycles. The van der Waals surface area contributed by atoms with Gasteiger partial charge in [-0.25, -0.2) is 0 Å². The molecule has 0 saturated carbocycles. The number of carbonyl (C=O) groups is 1. The second kappa shape index (κ2) is 8.37. The Kier molecular flexibility index (Phi) is 6.95. The predicted octanol–water partition coefficient (Wildman–Crippen LogP) is 4.30. The van der Waals surface area contributed by atoms with Gasteiger partial charge in [0.05, 0.1) is 6.42 Å². The Morgan fingerprint density at radius 3 is 2.19 bits per heavy atom. The van der Waals surface area contributed by atoms with E-state index in [1.807, 2.05) is 0 Å². The molecule has 0 spiro atoms. The van der Waals surface area contributed by atoms with Gasteiger partial charge in [0, 0.05) is 0 Å². The third-order valence-corrected chi connectivity index (χ3v) is 3.26. The maximum atomic E-state index is 10.7. The molecule has 0 aliphatic heterocycles. The molecule has 0 fully saturated rings. The van der Waals surface area contributed by atoms with Crippen molar-refractivity contribution in [3.8, 4) is 0 Å². The number of allylic oxidation sites excluding steroid dienone is 1. The summed E-state index contributed by atoms with van der Waals surface area (Å²) in [7, 11) is 0. The molecule has 0 amide bonds. The summed E-state index contributed by atoms with van der Waals surface area (Å²) in [5.41, 5.74) is 1.15. The molecule has 1 aliphatic rings. The number of carboxylic acid groups (broad SMARTS) is 1. The topological polar surface area (TPSA) is 37.3 Å². The summed E-state index contributed by atoms with van der Waals surface area (Å²) in [6, 6.07) is 0. The maximum absolute atomic E-state index is 10.7. The van der Waals surface area contributed by atoms with Crippen LogP contribution in [0, 0.1) is 0 Å². The predicted molar refractivity (Wildman–Crippen MR) is 66.5 cm³/mol. The van der Waals surface area contributed by atoms with E-state index in [4.69, 9.17) is 5.11 Å². The van der Waals surface area contributed by atoms with Crippen molar-refractivity contribution in [1.29, 1.82) is 0 Å². The van der Waals surface area contributed by atoms with Gasteiger partial charge in [-0.2, -0.15) is 0 Å². The molecule has 0 aromatic heterocycles. The van der Waals surface area contributed by atoms with Crippen LogP contribution < -0.4 is 0 Å². The van der Waals surface area contributed by atoms with Gasteiger partial charge in [-0.05, 0) is 25.7 Å². The number of carboxylic acids is 1. The van der Waals surface area contributed by atoms with Gasteiger partial charge in [0.2, 0.25) is 0 Å². The van der Waals surface area contributed by atoms with Gasteiger partial charge in [0.15, 0.2) is 0 Å². The van der Waals surface area contributed by atoms with Crippen LogP contribution in [-0.2, 0) is 4.79 Å². The zero-order valence-corrected chi connectivity index (χ0v) is 10.2. The maximum Gasteiger partial charge on any atom is 0.307 e. The molecule has 16 heavy (non-hydrogen) atoms. The Hall–Kier alpha value is -0.790. The van der Waals surface area contributed by atoms with Crippen molar-refractivity contribution in [3.63, 3.8) is 0 Å². The monoisotopic (exact) mass is 224 g/mol. The van der Waals surface area contributed by atoms with Crippen molar-refractivity contribution in [3.05, 3.63) is 11.6 Å². The molecule has 2 nitrogen and oxygen atoms in total. The zero-order chi connectivity index (χ0) is 11.6. The van der Waals surface area contributed by atoms with Crippen LogP contribution in [0.4, 0.5) is 0 Å². The van der Waals surface area contributed by atoms with Gasteiger partial charge < -0.3 is 5.11 Å². The summed E-state index contributed by atoms with van der Waals surface area (Å²) in [4.78, 5) is 10.7. The molecule has 1 rings (SSSR count). The first-order valence-corrected chi connectivity index (χ1v) is 6.69. The summed E-state index contributed by atoms with van der Waals surface area (Å²) >= 11 is 0. The minimum Gasteiger partial charge on any atom is -0.481 e. The normalized spacial score (nSPS) is 20.4. The van der Waals surface area contributed by atoms with Crippen molar-refractivity contribution in [2.75, 3.05) is 0 Å². The first-order valence-electron chi connectivity index (χ1n) is 6.69. The average Bonchev–Trinajstić information content (AvgIpc) is 2.21. The molecule has 1 N–H and O–H groups in total. The first kappa shape index (κ1) is 13.3. The summed E-state index contributed by atoms with van der Waals surface area (Å²) < 4.78 is 0. The summed E-state index contributed by atoms with van der Waals surface area (Å²) in [6.07, 6.45) is 14.9. The van der Waals surface area contributed by atoms with Gasteiger partial charge in [-0.1, -0.05) is 50.2 Å². The van der Waals surface area contributed by atoms with Gasteiger partial charge in [0.25, 0.3) is 0 Å². The Morgan fingerprint density at radius 1 is 1.00 bits per heavy atom. The molecule has 0 aromatic rings. The molecule has 0 atom stereocenters. The SMILES string of the molecule is O=C(O)CC1=CCCCCCCCCCC1. The third kappa shape index (κ3) is 6.65. The second-order valence-corrected chi connectivity index (χ2v) is 4.80. The van der Waals surface area contributed by atoms with Crippen LogP contribution in [0.5, 0.6) is 0 Å².